The fourth-order valence-electron chi connectivity index (χ4n) is 4.00. The van der Waals surface area contributed by atoms with Crippen molar-refractivity contribution in [2.45, 2.75) is 19.8 Å². The van der Waals surface area contributed by atoms with Gasteiger partial charge in [0.05, 0.1) is 27.3 Å². The predicted octanol–water partition coefficient (Wildman–Crippen LogP) is 2.95. The minimum Gasteiger partial charge on any atom is -0.370 e. The molecule has 9 heteroatoms. The molecule has 9 nitrogen and oxygen atoms in total. The van der Waals surface area contributed by atoms with Gasteiger partial charge in [0, 0.05) is 44.4 Å². The summed E-state index contributed by atoms with van der Waals surface area (Å²) in [4.78, 5) is 38.2. The number of carbonyl (C=O) groups excluding carboxylic acids is 1. The maximum atomic E-state index is 12.9. The number of nitrogens with zero attached hydrogens (tertiary/aromatic N) is 4. The van der Waals surface area contributed by atoms with Crippen molar-refractivity contribution in [1.82, 2.24) is 9.13 Å². The van der Waals surface area contributed by atoms with E-state index in [1.807, 2.05) is 6.07 Å². The maximum Gasteiger partial charge on any atom is 0.328 e. The number of anilines is 2. The van der Waals surface area contributed by atoms with Gasteiger partial charge in [0.2, 0.25) is 0 Å². The average molecular weight is 409 g/mol. The second-order valence-corrected chi connectivity index (χ2v) is 7.67. The van der Waals surface area contributed by atoms with Crippen molar-refractivity contribution in [2.24, 2.45) is 14.1 Å². The number of benzene rings is 2. The van der Waals surface area contributed by atoms with Crippen molar-refractivity contribution in [3.8, 4) is 0 Å². The first-order chi connectivity index (χ1) is 14.3. The van der Waals surface area contributed by atoms with Gasteiger partial charge in [-0.05, 0) is 38.0 Å². The Bertz CT molecular complexity index is 1230. The molecule has 2 heterocycles. The summed E-state index contributed by atoms with van der Waals surface area (Å²) in [6, 6.07) is 8.15. The summed E-state index contributed by atoms with van der Waals surface area (Å²) < 4.78 is 3.12. The molecule has 4 rings (SSSR count). The van der Waals surface area contributed by atoms with Crippen LogP contribution in [0.4, 0.5) is 17.1 Å². The van der Waals surface area contributed by atoms with E-state index in [0.29, 0.717) is 16.8 Å². The van der Waals surface area contributed by atoms with E-state index in [4.69, 9.17) is 0 Å². The predicted molar refractivity (Wildman–Crippen MR) is 115 cm³/mol. The van der Waals surface area contributed by atoms with Gasteiger partial charge >= 0.3 is 5.69 Å². The molecule has 30 heavy (non-hydrogen) atoms. The van der Waals surface area contributed by atoms with Crippen LogP contribution in [0.25, 0.3) is 11.0 Å². The molecule has 0 spiro atoms. The third kappa shape index (κ3) is 3.22. The fourth-order valence-corrected chi connectivity index (χ4v) is 4.00. The van der Waals surface area contributed by atoms with Crippen molar-refractivity contribution in [3.05, 3.63) is 62.1 Å². The van der Waals surface area contributed by atoms with Crippen molar-refractivity contribution >= 4 is 34.0 Å². The molecule has 0 unspecified atom stereocenters. The van der Waals surface area contributed by atoms with Gasteiger partial charge < -0.3 is 10.2 Å². The number of hydrogen-bond donors (Lipinski definition) is 1. The molecular weight excluding hydrogens is 386 g/mol. The molecule has 1 fully saturated rings. The van der Waals surface area contributed by atoms with Gasteiger partial charge in [-0.25, -0.2) is 4.79 Å². The lowest BCUT2D eigenvalue weighted by atomic mass is 10.1. The number of aromatic nitrogens is 2. The lowest BCUT2D eigenvalue weighted by molar-refractivity contribution is -0.385. The largest absolute Gasteiger partial charge is 0.370 e. The topological polar surface area (TPSA) is 102 Å². The van der Waals surface area contributed by atoms with Crippen LogP contribution >= 0.6 is 0 Å². The minimum absolute atomic E-state index is 0.0941. The second kappa shape index (κ2) is 7.33. The van der Waals surface area contributed by atoms with Gasteiger partial charge in [0.1, 0.15) is 0 Å². The third-order valence-electron chi connectivity index (χ3n) is 5.75. The van der Waals surface area contributed by atoms with Crippen molar-refractivity contribution in [2.75, 3.05) is 23.3 Å². The van der Waals surface area contributed by atoms with Crippen LogP contribution in [-0.2, 0) is 14.1 Å². The summed E-state index contributed by atoms with van der Waals surface area (Å²) in [5, 5.41) is 14.1. The monoisotopic (exact) mass is 409 g/mol. The van der Waals surface area contributed by atoms with E-state index in [-0.39, 0.29) is 16.9 Å². The molecule has 1 aliphatic heterocycles. The zero-order valence-corrected chi connectivity index (χ0v) is 17.1. The zero-order chi connectivity index (χ0) is 21.6. The lowest BCUT2D eigenvalue weighted by Crippen LogP contribution is -2.21. The summed E-state index contributed by atoms with van der Waals surface area (Å²) in [7, 11) is 3.41. The Morgan fingerprint density at radius 3 is 2.33 bits per heavy atom. The quantitative estimate of drug-likeness (QED) is 0.527. The van der Waals surface area contributed by atoms with E-state index in [1.54, 1.807) is 43.8 Å². The van der Waals surface area contributed by atoms with E-state index in [1.165, 1.54) is 10.6 Å². The van der Waals surface area contributed by atoms with E-state index >= 15 is 0 Å². The van der Waals surface area contributed by atoms with Crippen LogP contribution in [-0.4, -0.2) is 33.1 Å². The first kappa shape index (κ1) is 19.7. The third-order valence-corrected chi connectivity index (χ3v) is 5.75. The van der Waals surface area contributed by atoms with Crippen LogP contribution in [0.2, 0.25) is 0 Å². The second-order valence-electron chi connectivity index (χ2n) is 7.67. The fraction of sp³-hybridized carbons (Fsp3) is 0.333. The first-order valence-electron chi connectivity index (χ1n) is 9.78. The van der Waals surface area contributed by atoms with Gasteiger partial charge in [-0.2, -0.15) is 0 Å². The Morgan fingerprint density at radius 2 is 1.70 bits per heavy atom. The molecule has 0 aliphatic carbocycles. The summed E-state index contributed by atoms with van der Waals surface area (Å²) in [6.07, 6.45) is 2.12. The van der Waals surface area contributed by atoms with Crippen molar-refractivity contribution < 1.29 is 9.72 Å². The zero-order valence-electron chi connectivity index (χ0n) is 17.1. The number of hydrogen-bond acceptors (Lipinski definition) is 5. The Hall–Kier alpha value is -3.62. The van der Waals surface area contributed by atoms with E-state index < -0.39 is 10.8 Å². The summed E-state index contributed by atoms with van der Waals surface area (Å²) in [5.41, 5.74) is 3.38. The van der Waals surface area contributed by atoms with E-state index in [0.717, 1.165) is 37.1 Å². The molecular formula is C21H23N5O4. The molecule has 0 bridgehead atoms. The molecule has 1 saturated heterocycles. The van der Waals surface area contributed by atoms with Crippen LogP contribution in [0.5, 0.6) is 0 Å². The molecule has 2 aromatic carbocycles. The number of nitrogens with one attached hydrogen (secondary N) is 1. The number of nitro groups is 1. The SMILES string of the molecule is Cc1ccc(C(=O)Nc2cc3c(cc2N2CCCC2)n(C)c(=O)n3C)cc1[N+](=O)[O-]. The minimum atomic E-state index is -0.492. The van der Waals surface area contributed by atoms with Gasteiger partial charge in [0.15, 0.2) is 0 Å². The number of amides is 1. The Kier molecular flexibility index (Phi) is 4.81. The lowest BCUT2D eigenvalue weighted by Gasteiger charge is -2.22. The van der Waals surface area contributed by atoms with E-state index in [2.05, 4.69) is 10.2 Å². The normalized spacial score (nSPS) is 13.8. The molecule has 1 aromatic heterocycles. The highest BCUT2D eigenvalue weighted by atomic mass is 16.6. The van der Waals surface area contributed by atoms with Gasteiger partial charge in [-0.15, -0.1) is 0 Å². The molecule has 0 saturated carbocycles. The summed E-state index contributed by atoms with van der Waals surface area (Å²) in [5.74, 6) is -0.432. The number of carbonyl (C=O) groups is 1. The smallest absolute Gasteiger partial charge is 0.328 e. The molecule has 1 aliphatic rings. The highest BCUT2D eigenvalue weighted by Gasteiger charge is 2.22. The van der Waals surface area contributed by atoms with Crippen LogP contribution in [0, 0.1) is 17.0 Å². The first-order valence-corrected chi connectivity index (χ1v) is 9.78. The highest BCUT2D eigenvalue weighted by molar-refractivity contribution is 6.07. The summed E-state index contributed by atoms with van der Waals surface area (Å²) >= 11 is 0. The van der Waals surface area contributed by atoms with Crippen LogP contribution in [0.15, 0.2) is 35.1 Å². The van der Waals surface area contributed by atoms with Gasteiger partial charge in [-0.3, -0.25) is 24.0 Å². The molecule has 0 radical (unpaired) electrons. The van der Waals surface area contributed by atoms with Crippen LogP contribution < -0.4 is 15.9 Å². The number of rotatable bonds is 4. The number of nitro benzene ring substituents is 1. The van der Waals surface area contributed by atoms with Crippen LogP contribution in [0.1, 0.15) is 28.8 Å². The summed E-state index contributed by atoms with van der Waals surface area (Å²) in [6.45, 7) is 3.37. The number of imidazole rings is 1. The van der Waals surface area contributed by atoms with Gasteiger partial charge in [0.25, 0.3) is 11.6 Å². The van der Waals surface area contributed by atoms with Crippen molar-refractivity contribution in [1.29, 1.82) is 0 Å². The van der Waals surface area contributed by atoms with Gasteiger partial charge in [-0.1, -0.05) is 6.07 Å². The molecule has 0 atom stereocenters. The molecule has 156 valence electrons. The van der Waals surface area contributed by atoms with Crippen LogP contribution in [0.3, 0.4) is 0 Å². The average Bonchev–Trinajstić information content (AvgIpc) is 3.32. The molecule has 1 amide bonds. The Balaban J connectivity index is 1.79. The molecule has 3 aromatic rings. The highest BCUT2D eigenvalue weighted by Crippen LogP contribution is 2.33. The van der Waals surface area contributed by atoms with E-state index in [9.17, 15) is 19.7 Å². The Labute approximate surface area is 172 Å². The number of aryl methyl sites for hydroxylation is 3. The van der Waals surface area contributed by atoms with Crippen molar-refractivity contribution in [3.63, 3.8) is 0 Å². The maximum absolute atomic E-state index is 12.9. The standard InChI is InChI=1S/C21H23N5O4/c1-13-6-7-14(10-16(13)26(29)30)20(27)22-15-11-18-19(24(3)21(28)23(18)2)12-17(15)25-8-4-5-9-25/h6-7,10-12H,4-5,8-9H2,1-3H3,(H,22,27). The number of fused-ring (bicyclic) bond motifs is 1. The molecule has 1 N–H and O–H groups in total. The Morgan fingerprint density at radius 1 is 1.07 bits per heavy atom.